The predicted octanol–water partition coefficient (Wildman–Crippen LogP) is 1.05. The second-order valence-electron chi connectivity index (χ2n) is 4.81. The van der Waals surface area contributed by atoms with Gasteiger partial charge in [-0.3, -0.25) is 14.3 Å². The van der Waals surface area contributed by atoms with Crippen LogP contribution in [0.2, 0.25) is 0 Å². The molecule has 1 heterocycles. The highest BCUT2D eigenvalue weighted by molar-refractivity contribution is 7.92. The molecule has 1 amide bonds. The van der Waals surface area contributed by atoms with Crippen LogP contribution in [0.15, 0.2) is 41.8 Å². The molecule has 9 heteroatoms. The molecule has 1 aromatic carbocycles. The van der Waals surface area contributed by atoms with Crippen LogP contribution >= 0.6 is 11.3 Å². The lowest BCUT2D eigenvalue weighted by atomic mass is 10.1. The van der Waals surface area contributed by atoms with E-state index in [0.29, 0.717) is 5.69 Å². The lowest BCUT2D eigenvalue weighted by Gasteiger charge is -2.24. The number of anilines is 1. The second kappa shape index (κ2) is 7.09. The van der Waals surface area contributed by atoms with Gasteiger partial charge >= 0.3 is 0 Å². The first-order valence-electron chi connectivity index (χ1n) is 6.56. The van der Waals surface area contributed by atoms with Gasteiger partial charge in [0.05, 0.1) is 18.5 Å². The summed E-state index contributed by atoms with van der Waals surface area (Å²) >= 11 is 1.56. The summed E-state index contributed by atoms with van der Waals surface area (Å²) < 4.78 is 24.7. The zero-order valence-corrected chi connectivity index (χ0v) is 13.8. The highest BCUT2D eigenvalue weighted by Gasteiger charge is 2.25. The Kier molecular flexibility index (Phi) is 5.37. The normalized spacial score (nSPS) is 12.7. The third kappa shape index (κ3) is 4.29. The molecule has 0 saturated carbocycles. The van der Waals surface area contributed by atoms with E-state index in [1.54, 1.807) is 35.6 Å². The van der Waals surface area contributed by atoms with Crippen LogP contribution in [0.3, 0.4) is 0 Å². The van der Waals surface area contributed by atoms with Crippen LogP contribution in [0, 0.1) is 0 Å². The van der Waals surface area contributed by atoms with Crippen molar-refractivity contribution in [3.63, 3.8) is 0 Å². The van der Waals surface area contributed by atoms with Crippen molar-refractivity contribution < 1.29 is 23.5 Å². The summed E-state index contributed by atoms with van der Waals surface area (Å²) in [4.78, 5) is 12.2. The monoisotopic (exact) mass is 356 g/mol. The van der Waals surface area contributed by atoms with Crippen LogP contribution < -0.4 is 9.79 Å². The van der Waals surface area contributed by atoms with Crippen molar-refractivity contribution in [3.8, 4) is 10.4 Å². The summed E-state index contributed by atoms with van der Waals surface area (Å²) in [5.41, 5.74) is 2.54. The van der Waals surface area contributed by atoms with Crippen LogP contribution in [0.4, 0.5) is 5.69 Å². The fraction of sp³-hybridized carbons (Fsp3) is 0.214. The number of rotatable bonds is 6. The number of hydroxylamine groups is 1. The fourth-order valence-corrected chi connectivity index (χ4v) is 3.63. The molecular formula is C14H16N2O5S2. The molecule has 124 valence electrons. The molecule has 7 nitrogen and oxygen atoms in total. The third-order valence-corrected chi connectivity index (χ3v) is 5.19. The lowest BCUT2D eigenvalue weighted by molar-refractivity contribution is -0.137. The summed E-state index contributed by atoms with van der Waals surface area (Å²) in [6.45, 7) is -0.496. The number of carbonyl (C=O) groups excluding carboxylic acids is 1. The molecule has 23 heavy (non-hydrogen) atoms. The highest BCUT2D eigenvalue weighted by Crippen LogP contribution is 2.27. The van der Waals surface area contributed by atoms with E-state index in [1.165, 1.54) is 5.48 Å². The highest BCUT2D eigenvalue weighted by atomic mass is 32.2. The molecule has 0 saturated heterocycles. The number of aliphatic hydroxyl groups excluding tert-OH is 1. The Labute approximate surface area is 137 Å². The van der Waals surface area contributed by atoms with Crippen molar-refractivity contribution in [2.45, 2.75) is 6.10 Å². The molecule has 0 spiro atoms. The Hall–Kier alpha value is -1.94. The number of hydrogen-bond donors (Lipinski definition) is 3. The van der Waals surface area contributed by atoms with Crippen LogP contribution in [0.5, 0.6) is 0 Å². The molecule has 1 atom stereocenters. The maximum atomic E-state index is 11.9. The van der Waals surface area contributed by atoms with E-state index in [-0.39, 0.29) is 0 Å². The van der Waals surface area contributed by atoms with Crippen molar-refractivity contribution in [1.29, 1.82) is 0 Å². The molecule has 0 fully saturated rings. The van der Waals surface area contributed by atoms with Gasteiger partial charge in [0.15, 0.2) is 6.10 Å². The third-order valence-electron chi connectivity index (χ3n) is 3.11. The van der Waals surface area contributed by atoms with Gasteiger partial charge in [0.1, 0.15) is 0 Å². The summed E-state index contributed by atoms with van der Waals surface area (Å²) in [5.74, 6) is -1.08. The SMILES string of the molecule is CS(=O)(=O)N(C[C@H](O)C(=O)NO)c1ccc(-c2cccs2)cc1. The maximum absolute atomic E-state index is 11.9. The molecule has 0 aliphatic carbocycles. The number of aliphatic hydroxyl groups is 1. The van der Waals surface area contributed by atoms with Crippen molar-refractivity contribution in [2.75, 3.05) is 17.1 Å². The van der Waals surface area contributed by atoms with E-state index in [9.17, 15) is 18.3 Å². The van der Waals surface area contributed by atoms with Gasteiger partial charge < -0.3 is 5.11 Å². The Bertz CT molecular complexity index is 757. The van der Waals surface area contributed by atoms with E-state index in [2.05, 4.69) is 0 Å². The molecule has 3 N–H and O–H groups in total. The van der Waals surface area contributed by atoms with Crippen molar-refractivity contribution in [2.24, 2.45) is 0 Å². The van der Waals surface area contributed by atoms with Crippen molar-refractivity contribution in [3.05, 3.63) is 41.8 Å². The summed E-state index contributed by atoms with van der Waals surface area (Å²) in [6, 6.07) is 10.6. The van der Waals surface area contributed by atoms with Crippen LogP contribution in [-0.2, 0) is 14.8 Å². The van der Waals surface area contributed by atoms with Gasteiger partial charge in [-0.05, 0) is 29.1 Å². The van der Waals surface area contributed by atoms with Gasteiger partial charge in [0.25, 0.3) is 5.91 Å². The minimum absolute atomic E-state index is 0.317. The van der Waals surface area contributed by atoms with Gasteiger partial charge in [-0.2, -0.15) is 0 Å². The van der Waals surface area contributed by atoms with Crippen LogP contribution in [0.25, 0.3) is 10.4 Å². The number of nitrogens with zero attached hydrogens (tertiary/aromatic N) is 1. The minimum Gasteiger partial charge on any atom is -0.381 e. The molecule has 0 radical (unpaired) electrons. The molecule has 0 bridgehead atoms. The molecule has 2 aromatic rings. The molecule has 0 aliphatic heterocycles. The van der Waals surface area contributed by atoms with E-state index >= 15 is 0 Å². The summed E-state index contributed by atoms with van der Waals surface area (Å²) in [5, 5.41) is 20.1. The van der Waals surface area contributed by atoms with Crippen molar-refractivity contribution >= 4 is 33.0 Å². The average molecular weight is 356 g/mol. The Morgan fingerprint density at radius 3 is 2.43 bits per heavy atom. The number of thiophene rings is 1. The Morgan fingerprint density at radius 2 is 1.96 bits per heavy atom. The number of carbonyl (C=O) groups is 1. The minimum atomic E-state index is -3.71. The fourth-order valence-electron chi connectivity index (χ4n) is 1.98. The molecule has 0 unspecified atom stereocenters. The van der Waals surface area contributed by atoms with Gasteiger partial charge in [-0.15, -0.1) is 11.3 Å². The standard InChI is InChI=1S/C14H16N2O5S2/c1-23(20,21)16(9-12(17)14(18)15-19)11-6-4-10(5-7-11)13-3-2-8-22-13/h2-8,12,17,19H,9H2,1H3,(H,15,18)/t12-/m0/s1. The number of benzene rings is 1. The van der Waals surface area contributed by atoms with Gasteiger partial charge in [0.2, 0.25) is 10.0 Å². The smallest absolute Gasteiger partial charge is 0.274 e. The topological polar surface area (TPSA) is 107 Å². The largest absolute Gasteiger partial charge is 0.381 e. The molecule has 1 aromatic heterocycles. The van der Waals surface area contributed by atoms with Crippen LogP contribution in [-0.4, -0.2) is 43.5 Å². The average Bonchev–Trinajstić information content (AvgIpc) is 3.05. The predicted molar refractivity (Wildman–Crippen MR) is 87.9 cm³/mol. The van der Waals surface area contributed by atoms with E-state index in [1.807, 2.05) is 17.5 Å². The van der Waals surface area contributed by atoms with Gasteiger partial charge in [0, 0.05) is 4.88 Å². The Balaban J connectivity index is 2.28. The number of amides is 1. The lowest BCUT2D eigenvalue weighted by Crippen LogP contribution is -2.44. The molecular weight excluding hydrogens is 340 g/mol. The van der Waals surface area contributed by atoms with Gasteiger partial charge in [-0.25, -0.2) is 13.9 Å². The number of sulfonamides is 1. The quantitative estimate of drug-likeness (QED) is 0.530. The number of nitrogens with one attached hydrogen (secondary N) is 1. The van der Waals surface area contributed by atoms with Crippen LogP contribution in [0.1, 0.15) is 0 Å². The first kappa shape index (κ1) is 17.4. The van der Waals surface area contributed by atoms with Gasteiger partial charge in [-0.1, -0.05) is 18.2 Å². The van der Waals surface area contributed by atoms with Crippen molar-refractivity contribution in [1.82, 2.24) is 5.48 Å². The second-order valence-corrected chi connectivity index (χ2v) is 7.66. The van der Waals surface area contributed by atoms with E-state index < -0.39 is 28.6 Å². The zero-order valence-electron chi connectivity index (χ0n) is 12.2. The zero-order chi connectivity index (χ0) is 17.0. The molecule has 0 aliphatic rings. The molecule has 2 rings (SSSR count). The summed E-state index contributed by atoms with van der Waals surface area (Å²) in [6.07, 6.45) is -0.712. The van der Waals surface area contributed by atoms with E-state index in [4.69, 9.17) is 5.21 Å². The Morgan fingerprint density at radius 1 is 1.30 bits per heavy atom. The number of hydrogen-bond acceptors (Lipinski definition) is 6. The van der Waals surface area contributed by atoms with E-state index in [0.717, 1.165) is 21.0 Å². The summed E-state index contributed by atoms with van der Waals surface area (Å²) in [7, 11) is -3.71. The first-order valence-corrected chi connectivity index (χ1v) is 9.29. The maximum Gasteiger partial charge on any atom is 0.274 e. The first-order chi connectivity index (χ1) is 10.8.